The summed E-state index contributed by atoms with van der Waals surface area (Å²) >= 11 is 3.50. The van der Waals surface area contributed by atoms with Gasteiger partial charge in [0.05, 0.1) is 4.47 Å². The van der Waals surface area contributed by atoms with Crippen LogP contribution in [-0.2, 0) is 11.8 Å². The van der Waals surface area contributed by atoms with Crippen molar-refractivity contribution in [2.45, 2.75) is 39.3 Å². The van der Waals surface area contributed by atoms with Gasteiger partial charge in [0.1, 0.15) is 11.7 Å². The van der Waals surface area contributed by atoms with Crippen molar-refractivity contribution in [3.05, 3.63) is 34.4 Å². The minimum Gasteiger partial charge on any atom is -0.350 e. The molecule has 1 unspecified atom stereocenters. The summed E-state index contributed by atoms with van der Waals surface area (Å²) in [6, 6.07) is 7.13. The third kappa shape index (κ3) is 3.75. The van der Waals surface area contributed by atoms with Gasteiger partial charge in [-0.15, -0.1) is 0 Å². The number of hydrogen-bond acceptors (Lipinski definition) is 2. The molecule has 1 aromatic heterocycles. The zero-order chi connectivity index (χ0) is 17.4. The number of halogens is 1. The lowest BCUT2D eigenvalue weighted by Gasteiger charge is -2.23. The Morgan fingerprint density at radius 1 is 1.22 bits per heavy atom. The van der Waals surface area contributed by atoms with Gasteiger partial charge < -0.3 is 15.2 Å². The molecule has 0 fully saturated rings. The van der Waals surface area contributed by atoms with Gasteiger partial charge in [-0.2, -0.15) is 0 Å². The van der Waals surface area contributed by atoms with E-state index in [-0.39, 0.29) is 17.4 Å². The highest BCUT2D eigenvalue weighted by Gasteiger charge is 2.24. The summed E-state index contributed by atoms with van der Waals surface area (Å²) in [5, 5.41) is 6.58. The normalized spacial score (nSPS) is 13.0. The Bertz CT molecular complexity index is 720. The minimum atomic E-state index is -0.619. The van der Waals surface area contributed by atoms with Crippen LogP contribution in [0.3, 0.4) is 0 Å². The molecule has 0 aliphatic heterocycles. The largest absolute Gasteiger partial charge is 0.350 e. The molecule has 2 rings (SSSR count). The highest BCUT2D eigenvalue weighted by atomic mass is 79.9. The number of fused-ring (bicyclic) bond motifs is 1. The Labute approximate surface area is 144 Å². The number of benzene rings is 1. The molecule has 0 saturated carbocycles. The molecule has 6 heteroatoms. The number of aromatic nitrogens is 1. The second-order valence-corrected chi connectivity index (χ2v) is 7.47. The van der Waals surface area contributed by atoms with E-state index in [1.54, 1.807) is 6.92 Å². The van der Waals surface area contributed by atoms with E-state index in [0.29, 0.717) is 5.69 Å². The zero-order valence-electron chi connectivity index (χ0n) is 14.0. The van der Waals surface area contributed by atoms with Crippen molar-refractivity contribution in [1.82, 2.24) is 15.2 Å². The van der Waals surface area contributed by atoms with E-state index in [9.17, 15) is 9.59 Å². The fourth-order valence-corrected chi connectivity index (χ4v) is 3.19. The molecule has 0 bridgehead atoms. The number of aryl methyl sites for hydroxylation is 1. The van der Waals surface area contributed by atoms with Crippen molar-refractivity contribution in [3.63, 3.8) is 0 Å². The van der Waals surface area contributed by atoms with Crippen LogP contribution in [0.15, 0.2) is 28.7 Å². The molecular weight excluding hydrogens is 358 g/mol. The van der Waals surface area contributed by atoms with Crippen molar-refractivity contribution in [2.75, 3.05) is 0 Å². The van der Waals surface area contributed by atoms with Gasteiger partial charge in [-0.25, -0.2) is 0 Å². The van der Waals surface area contributed by atoms with Gasteiger partial charge in [-0.1, -0.05) is 18.2 Å². The summed E-state index contributed by atoms with van der Waals surface area (Å²) < 4.78 is 2.56. The third-order valence-electron chi connectivity index (χ3n) is 3.50. The Balaban J connectivity index is 2.23. The molecule has 0 aliphatic rings. The molecule has 1 atom stereocenters. The van der Waals surface area contributed by atoms with Gasteiger partial charge in [0, 0.05) is 23.5 Å². The quantitative estimate of drug-likeness (QED) is 0.860. The first kappa shape index (κ1) is 17.5. The predicted molar refractivity (Wildman–Crippen MR) is 95.4 cm³/mol. The molecule has 2 N–H and O–H groups in total. The second-order valence-electron chi connectivity index (χ2n) is 6.67. The number of amides is 2. The zero-order valence-corrected chi connectivity index (χ0v) is 15.6. The van der Waals surface area contributed by atoms with Gasteiger partial charge in [-0.3, -0.25) is 9.59 Å². The van der Waals surface area contributed by atoms with E-state index in [1.165, 1.54) is 0 Å². The van der Waals surface area contributed by atoms with Crippen LogP contribution in [0.1, 0.15) is 38.2 Å². The first-order chi connectivity index (χ1) is 10.6. The van der Waals surface area contributed by atoms with E-state index >= 15 is 0 Å². The third-order valence-corrected chi connectivity index (χ3v) is 4.30. The molecular formula is C17H22BrN3O2. The number of hydrogen-bond donors (Lipinski definition) is 2. The van der Waals surface area contributed by atoms with Crippen LogP contribution < -0.4 is 10.6 Å². The van der Waals surface area contributed by atoms with Gasteiger partial charge in [0.2, 0.25) is 5.91 Å². The molecule has 0 aliphatic carbocycles. The number of nitrogens with zero attached hydrogens (tertiary/aromatic N) is 1. The summed E-state index contributed by atoms with van der Waals surface area (Å²) in [5.41, 5.74) is 1.12. The Kier molecular flexibility index (Phi) is 4.84. The van der Waals surface area contributed by atoms with E-state index in [2.05, 4.69) is 26.6 Å². The summed E-state index contributed by atoms with van der Waals surface area (Å²) in [6.07, 6.45) is 0. The van der Waals surface area contributed by atoms with Gasteiger partial charge >= 0.3 is 0 Å². The average molecular weight is 380 g/mol. The first-order valence-corrected chi connectivity index (χ1v) is 8.27. The lowest BCUT2D eigenvalue weighted by atomic mass is 10.1. The second kappa shape index (κ2) is 6.35. The van der Waals surface area contributed by atoms with Crippen molar-refractivity contribution in [2.24, 2.45) is 7.05 Å². The van der Waals surface area contributed by atoms with Crippen LogP contribution in [0.5, 0.6) is 0 Å². The standard InChI is InChI=1S/C17H22BrN3O2/c1-10(15(22)20-17(2,3)4)19-16(23)14-13(18)11-8-6-7-9-12(11)21(14)5/h6-10H,1-5H3,(H,19,23)(H,20,22). The first-order valence-electron chi connectivity index (χ1n) is 7.47. The highest BCUT2D eigenvalue weighted by Crippen LogP contribution is 2.30. The molecule has 0 spiro atoms. The molecule has 23 heavy (non-hydrogen) atoms. The molecule has 2 amide bonds. The van der Waals surface area contributed by atoms with Crippen LogP contribution in [0, 0.1) is 0 Å². The number of para-hydroxylation sites is 1. The average Bonchev–Trinajstić information content (AvgIpc) is 2.69. The number of carbonyl (C=O) groups is 2. The van der Waals surface area contributed by atoms with Gasteiger partial charge in [0.25, 0.3) is 5.91 Å². The van der Waals surface area contributed by atoms with Crippen molar-refractivity contribution in [3.8, 4) is 0 Å². The lowest BCUT2D eigenvalue weighted by Crippen LogP contribution is -2.51. The molecule has 0 saturated heterocycles. The molecule has 1 aromatic carbocycles. The van der Waals surface area contributed by atoms with Crippen molar-refractivity contribution < 1.29 is 9.59 Å². The maximum absolute atomic E-state index is 12.6. The Morgan fingerprint density at radius 2 is 1.83 bits per heavy atom. The number of rotatable bonds is 3. The van der Waals surface area contributed by atoms with Crippen molar-refractivity contribution >= 4 is 38.6 Å². The monoisotopic (exact) mass is 379 g/mol. The summed E-state index contributed by atoms with van der Waals surface area (Å²) in [4.78, 5) is 24.7. The topological polar surface area (TPSA) is 63.1 Å². The molecule has 5 nitrogen and oxygen atoms in total. The molecule has 0 radical (unpaired) electrons. The van der Waals surface area contributed by atoms with Crippen LogP contribution in [-0.4, -0.2) is 28.0 Å². The Morgan fingerprint density at radius 3 is 2.39 bits per heavy atom. The fourth-order valence-electron chi connectivity index (χ4n) is 2.41. The summed E-state index contributed by atoms with van der Waals surface area (Å²) in [5.74, 6) is -0.493. The van der Waals surface area contributed by atoms with Crippen molar-refractivity contribution in [1.29, 1.82) is 0 Å². The van der Waals surface area contributed by atoms with Gasteiger partial charge in [0.15, 0.2) is 0 Å². The van der Waals surface area contributed by atoms with Gasteiger partial charge in [-0.05, 0) is 49.7 Å². The minimum absolute atomic E-state index is 0.208. The lowest BCUT2D eigenvalue weighted by molar-refractivity contribution is -0.124. The maximum atomic E-state index is 12.6. The smallest absolute Gasteiger partial charge is 0.269 e. The van der Waals surface area contributed by atoms with Crippen LogP contribution in [0.2, 0.25) is 0 Å². The number of carbonyl (C=O) groups excluding carboxylic acids is 2. The molecule has 1 heterocycles. The van der Waals surface area contributed by atoms with E-state index in [1.807, 2.05) is 56.7 Å². The predicted octanol–water partition coefficient (Wildman–Crippen LogP) is 2.97. The Hall–Kier alpha value is -1.82. The number of nitrogens with one attached hydrogen (secondary N) is 2. The van der Waals surface area contributed by atoms with E-state index < -0.39 is 6.04 Å². The van der Waals surface area contributed by atoms with Crippen LogP contribution in [0.25, 0.3) is 10.9 Å². The SMILES string of the molecule is CC(NC(=O)c1c(Br)c2ccccc2n1C)C(=O)NC(C)(C)C. The highest BCUT2D eigenvalue weighted by molar-refractivity contribution is 9.10. The molecule has 124 valence electrons. The van der Waals surface area contributed by atoms with E-state index in [4.69, 9.17) is 0 Å². The van der Waals surface area contributed by atoms with E-state index in [0.717, 1.165) is 15.4 Å². The summed E-state index contributed by atoms with van der Waals surface area (Å²) in [6.45, 7) is 7.38. The molecule has 2 aromatic rings. The van der Waals surface area contributed by atoms with Crippen LogP contribution in [0.4, 0.5) is 0 Å². The maximum Gasteiger partial charge on any atom is 0.269 e. The van der Waals surface area contributed by atoms with Crippen LogP contribution >= 0.6 is 15.9 Å². The summed E-state index contributed by atoms with van der Waals surface area (Å²) in [7, 11) is 1.84. The fraction of sp³-hybridized carbons (Fsp3) is 0.412.